The highest BCUT2D eigenvalue weighted by atomic mass is 19.1. The van der Waals surface area contributed by atoms with Gasteiger partial charge in [0.2, 0.25) is 0 Å². The van der Waals surface area contributed by atoms with Crippen molar-refractivity contribution in [2.75, 3.05) is 12.1 Å². The first-order valence-electron chi connectivity index (χ1n) is 10.1. The van der Waals surface area contributed by atoms with Gasteiger partial charge in [-0.3, -0.25) is 9.80 Å². The maximum absolute atomic E-state index is 14.5. The van der Waals surface area contributed by atoms with Crippen LogP contribution in [0.25, 0.3) is 10.9 Å². The summed E-state index contributed by atoms with van der Waals surface area (Å²) in [5.74, 6) is -0.368. The van der Waals surface area contributed by atoms with Crippen LogP contribution < -0.4 is 15.9 Å². The molecule has 3 aromatic rings. The SMILES string of the molecule is CC[C@H](NC(=O)OC(C)(C)C)c1nc2cccc(F)c2c(=O)n1N(C)c1ccccc1. The molecule has 0 aliphatic carbocycles. The Bertz CT molecular complexity index is 1140. The van der Waals surface area contributed by atoms with Crippen molar-refractivity contribution in [1.82, 2.24) is 15.0 Å². The molecule has 0 fully saturated rings. The molecule has 1 aromatic heterocycles. The number of halogens is 1. The molecular formula is C23H27FN4O3. The van der Waals surface area contributed by atoms with E-state index in [-0.39, 0.29) is 16.7 Å². The fourth-order valence-electron chi connectivity index (χ4n) is 3.27. The van der Waals surface area contributed by atoms with E-state index in [1.807, 2.05) is 37.3 Å². The van der Waals surface area contributed by atoms with Crippen molar-refractivity contribution in [3.8, 4) is 0 Å². The Hall–Kier alpha value is -3.42. The van der Waals surface area contributed by atoms with E-state index in [0.717, 1.165) is 0 Å². The molecule has 7 nitrogen and oxygen atoms in total. The number of hydrogen-bond acceptors (Lipinski definition) is 5. The van der Waals surface area contributed by atoms with Gasteiger partial charge in [-0.05, 0) is 51.5 Å². The van der Waals surface area contributed by atoms with Crippen LogP contribution in [0.2, 0.25) is 0 Å². The van der Waals surface area contributed by atoms with Crippen LogP contribution in [0.3, 0.4) is 0 Å². The van der Waals surface area contributed by atoms with E-state index in [9.17, 15) is 14.0 Å². The van der Waals surface area contributed by atoms with E-state index >= 15 is 0 Å². The number of aromatic nitrogens is 2. The summed E-state index contributed by atoms with van der Waals surface area (Å²) in [6, 6.07) is 12.9. The number of alkyl carbamates (subject to hydrolysis) is 1. The number of para-hydroxylation sites is 1. The second-order valence-electron chi connectivity index (χ2n) is 8.19. The van der Waals surface area contributed by atoms with Gasteiger partial charge in [0.25, 0.3) is 5.56 Å². The lowest BCUT2D eigenvalue weighted by atomic mass is 10.1. The monoisotopic (exact) mass is 426 g/mol. The van der Waals surface area contributed by atoms with Gasteiger partial charge in [0.05, 0.1) is 17.2 Å². The third kappa shape index (κ3) is 4.84. The molecule has 1 heterocycles. The molecule has 0 aliphatic rings. The molecule has 0 radical (unpaired) electrons. The highest BCUT2D eigenvalue weighted by Crippen LogP contribution is 2.22. The molecule has 0 spiro atoms. The molecular weight excluding hydrogens is 399 g/mol. The summed E-state index contributed by atoms with van der Waals surface area (Å²) >= 11 is 0. The van der Waals surface area contributed by atoms with E-state index in [2.05, 4.69) is 10.3 Å². The molecule has 2 aromatic carbocycles. The topological polar surface area (TPSA) is 76.5 Å². The van der Waals surface area contributed by atoms with Crippen LogP contribution >= 0.6 is 0 Å². The molecule has 0 saturated heterocycles. The second kappa shape index (κ2) is 8.75. The van der Waals surface area contributed by atoms with Crippen molar-refractivity contribution in [1.29, 1.82) is 0 Å². The number of anilines is 1. The van der Waals surface area contributed by atoms with Crippen LogP contribution in [0, 0.1) is 5.82 Å². The molecule has 164 valence electrons. The number of carbonyl (C=O) groups is 1. The van der Waals surface area contributed by atoms with Gasteiger partial charge in [0.1, 0.15) is 16.8 Å². The van der Waals surface area contributed by atoms with Gasteiger partial charge < -0.3 is 10.1 Å². The third-order valence-electron chi connectivity index (χ3n) is 4.69. The third-order valence-corrected chi connectivity index (χ3v) is 4.69. The summed E-state index contributed by atoms with van der Waals surface area (Å²) in [5.41, 5.74) is -0.311. The number of rotatable bonds is 5. The number of carbonyl (C=O) groups excluding carboxylic acids is 1. The van der Waals surface area contributed by atoms with E-state index in [4.69, 9.17) is 4.74 Å². The Labute approximate surface area is 180 Å². The fraction of sp³-hybridized carbons (Fsp3) is 0.348. The van der Waals surface area contributed by atoms with Crippen LogP contribution in [-0.2, 0) is 4.74 Å². The summed E-state index contributed by atoms with van der Waals surface area (Å²) in [4.78, 5) is 30.4. The Balaban J connectivity index is 2.19. The molecule has 0 bridgehead atoms. The fourth-order valence-corrected chi connectivity index (χ4v) is 3.27. The quantitative estimate of drug-likeness (QED) is 0.654. The number of nitrogens with zero attached hydrogens (tertiary/aromatic N) is 3. The lowest BCUT2D eigenvalue weighted by molar-refractivity contribution is 0.0498. The lowest BCUT2D eigenvalue weighted by Gasteiger charge is -2.29. The minimum atomic E-state index is -0.678. The Morgan fingerprint density at radius 3 is 2.48 bits per heavy atom. The van der Waals surface area contributed by atoms with Gasteiger partial charge in [-0.2, -0.15) is 0 Å². The molecule has 0 saturated carbocycles. The highest BCUT2D eigenvalue weighted by Gasteiger charge is 2.26. The van der Waals surface area contributed by atoms with E-state index in [0.29, 0.717) is 12.1 Å². The maximum Gasteiger partial charge on any atom is 0.408 e. The lowest BCUT2D eigenvalue weighted by Crippen LogP contribution is -2.43. The van der Waals surface area contributed by atoms with Crippen LogP contribution in [-0.4, -0.2) is 28.4 Å². The minimum Gasteiger partial charge on any atom is -0.444 e. The van der Waals surface area contributed by atoms with Gasteiger partial charge in [0, 0.05) is 7.05 Å². The van der Waals surface area contributed by atoms with Crippen LogP contribution in [0.1, 0.15) is 46.0 Å². The van der Waals surface area contributed by atoms with Crippen molar-refractivity contribution in [2.24, 2.45) is 0 Å². The summed E-state index contributed by atoms with van der Waals surface area (Å²) in [7, 11) is 1.69. The van der Waals surface area contributed by atoms with Crippen LogP contribution in [0.15, 0.2) is 53.3 Å². The zero-order valence-electron chi connectivity index (χ0n) is 18.3. The normalized spacial score (nSPS) is 12.5. The standard InChI is InChI=1S/C23H27FN4O3/c1-6-17(26-22(30)31-23(2,3)4)20-25-18-14-10-13-16(24)19(18)21(29)28(20)27(5)15-11-8-7-9-12-15/h7-14,17H,6H2,1-5H3,(H,26,30)/t17-/m0/s1. The summed E-state index contributed by atoms with van der Waals surface area (Å²) < 4.78 is 21.2. The summed E-state index contributed by atoms with van der Waals surface area (Å²) in [6.45, 7) is 7.16. The van der Waals surface area contributed by atoms with Gasteiger partial charge in [0.15, 0.2) is 5.82 Å². The summed E-state index contributed by atoms with van der Waals surface area (Å²) in [5, 5.41) is 4.27. The van der Waals surface area contributed by atoms with E-state index in [1.54, 1.807) is 38.9 Å². The molecule has 0 aliphatic heterocycles. The van der Waals surface area contributed by atoms with Gasteiger partial charge in [-0.25, -0.2) is 18.8 Å². The molecule has 31 heavy (non-hydrogen) atoms. The predicted molar refractivity (Wildman–Crippen MR) is 119 cm³/mol. The number of nitrogens with one attached hydrogen (secondary N) is 1. The molecule has 1 amide bonds. The van der Waals surface area contributed by atoms with Crippen molar-refractivity contribution < 1.29 is 13.9 Å². The number of amides is 1. The zero-order chi connectivity index (χ0) is 22.8. The predicted octanol–water partition coefficient (Wildman–Crippen LogP) is 4.41. The maximum atomic E-state index is 14.5. The van der Waals surface area contributed by atoms with Crippen molar-refractivity contribution in [3.05, 3.63) is 70.5 Å². The Morgan fingerprint density at radius 1 is 1.19 bits per heavy atom. The number of ether oxygens (including phenoxy) is 1. The Kier molecular flexibility index (Phi) is 6.29. The molecule has 8 heteroatoms. The number of hydrogen-bond donors (Lipinski definition) is 1. The molecule has 0 unspecified atom stereocenters. The molecule has 1 atom stereocenters. The van der Waals surface area contributed by atoms with Crippen molar-refractivity contribution in [2.45, 2.75) is 45.8 Å². The first kappa shape index (κ1) is 22.3. The van der Waals surface area contributed by atoms with Gasteiger partial charge >= 0.3 is 6.09 Å². The van der Waals surface area contributed by atoms with E-state index in [1.165, 1.54) is 16.8 Å². The van der Waals surface area contributed by atoms with E-state index < -0.39 is 29.1 Å². The number of benzene rings is 2. The largest absolute Gasteiger partial charge is 0.444 e. The van der Waals surface area contributed by atoms with Crippen LogP contribution in [0.4, 0.5) is 14.9 Å². The van der Waals surface area contributed by atoms with Crippen molar-refractivity contribution >= 4 is 22.7 Å². The average Bonchev–Trinajstić information content (AvgIpc) is 2.70. The number of fused-ring (bicyclic) bond motifs is 1. The summed E-state index contributed by atoms with van der Waals surface area (Å²) in [6.07, 6.45) is -0.184. The van der Waals surface area contributed by atoms with Gasteiger partial charge in [-0.15, -0.1) is 0 Å². The first-order valence-corrected chi connectivity index (χ1v) is 10.1. The molecule has 3 rings (SSSR count). The minimum absolute atomic E-state index is 0.110. The Morgan fingerprint density at radius 2 is 1.87 bits per heavy atom. The average molecular weight is 426 g/mol. The second-order valence-corrected chi connectivity index (χ2v) is 8.19. The van der Waals surface area contributed by atoms with Crippen LogP contribution in [0.5, 0.6) is 0 Å². The van der Waals surface area contributed by atoms with Gasteiger partial charge in [-0.1, -0.05) is 31.2 Å². The molecule has 1 N–H and O–H groups in total. The first-order chi connectivity index (χ1) is 14.6. The zero-order valence-corrected chi connectivity index (χ0v) is 18.3. The highest BCUT2D eigenvalue weighted by molar-refractivity contribution is 5.78. The smallest absolute Gasteiger partial charge is 0.408 e. The van der Waals surface area contributed by atoms with Crippen molar-refractivity contribution in [3.63, 3.8) is 0 Å².